The minimum absolute atomic E-state index is 0.00967. The first-order valence-electron chi connectivity index (χ1n) is 11.6. The summed E-state index contributed by atoms with van der Waals surface area (Å²) in [5.74, 6) is 0.0783. The fourth-order valence-corrected chi connectivity index (χ4v) is 4.95. The molecule has 2 atom stereocenters. The van der Waals surface area contributed by atoms with Gasteiger partial charge in [-0.15, -0.1) is 0 Å². The summed E-state index contributed by atoms with van der Waals surface area (Å²) in [7, 11) is 0. The predicted octanol–water partition coefficient (Wildman–Crippen LogP) is 2.48. The van der Waals surface area contributed by atoms with Gasteiger partial charge in [0.1, 0.15) is 6.04 Å². The molecule has 1 N–H and O–H groups in total. The van der Waals surface area contributed by atoms with Crippen molar-refractivity contribution in [2.45, 2.75) is 64.5 Å². The Morgan fingerprint density at radius 3 is 2.25 bits per heavy atom. The quantitative estimate of drug-likeness (QED) is 0.729. The highest BCUT2D eigenvalue weighted by atomic mass is 16.2. The molecular weight excluding hydrogens is 408 g/mol. The lowest BCUT2D eigenvalue weighted by Gasteiger charge is -2.35. The van der Waals surface area contributed by atoms with Crippen LogP contribution in [0.4, 0.5) is 10.5 Å². The zero-order valence-electron chi connectivity index (χ0n) is 19.0. The fourth-order valence-electron chi connectivity index (χ4n) is 4.95. The lowest BCUT2D eigenvalue weighted by molar-refractivity contribution is -0.134. The van der Waals surface area contributed by atoms with Gasteiger partial charge in [-0.1, -0.05) is 26.0 Å². The van der Waals surface area contributed by atoms with Crippen LogP contribution in [0.25, 0.3) is 0 Å². The van der Waals surface area contributed by atoms with Crippen molar-refractivity contribution in [3.05, 3.63) is 29.8 Å². The molecule has 1 aromatic carbocycles. The Hall–Kier alpha value is -2.90. The molecule has 0 aromatic heterocycles. The van der Waals surface area contributed by atoms with Crippen LogP contribution in [0.2, 0.25) is 0 Å². The molecule has 0 radical (unpaired) electrons. The number of nitrogens with zero attached hydrogens (tertiary/aromatic N) is 3. The third kappa shape index (κ3) is 4.23. The molecule has 0 bridgehead atoms. The number of hydrogen-bond acceptors (Lipinski definition) is 4. The van der Waals surface area contributed by atoms with Gasteiger partial charge < -0.3 is 15.1 Å². The number of imide groups is 1. The Labute approximate surface area is 188 Å². The predicted molar refractivity (Wildman–Crippen MR) is 120 cm³/mol. The van der Waals surface area contributed by atoms with Crippen molar-refractivity contribution in [2.24, 2.45) is 5.92 Å². The van der Waals surface area contributed by atoms with Crippen LogP contribution in [0.1, 0.15) is 57.9 Å². The molecule has 1 aromatic rings. The molecule has 3 fully saturated rings. The summed E-state index contributed by atoms with van der Waals surface area (Å²) in [6.45, 7) is 7.41. The van der Waals surface area contributed by atoms with Crippen LogP contribution in [0, 0.1) is 5.92 Å². The first kappa shape index (κ1) is 22.3. The van der Waals surface area contributed by atoms with E-state index >= 15 is 0 Å². The summed E-state index contributed by atoms with van der Waals surface area (Å²) in [4.78, 5) is 55.0. The minimum Gasteiger partial charge on any atom is -0.353 e. The van der Waals surface area contributed by atoms with Gasteiger partial charge in [0.2, 0.25) is 11.8 Å². The maximum atomic E-state index is 13.1. The highest BCUT2D eigenvalue weighted by Crippen LogP contribution is 2.32. The third-order valence-electron chi connectivity index (χ3n) is 7.02. The summed E-state index contributed by atoms with van der Waals surface area (Å²) < 4.78 is 0. The van der Waals surface area contributed by atoms with Gasteiger partial charge in [0.05, 0.1) is 5.69 Å². The van der Waals surface area contributed by atoms with Crippen molar-refractivity contribution in [3.8, 4) is 0 Å². The first-order valence-corrected chi connectivity index (χ1v) is 11.6. The van der Waals surface area contributed by atoms with E-state index in [1.54, 1.807) is 16.7 Å². The van der Waals surface area contributed by atoms with Crippen LogP contribution in [-0.2, 0) is 14.4 Å². The van der Waals surface area contributed by atoms with Crippen molar-refractivity contribution in [3.63, 3.8) is 0 Å². The maximum absolute atomic E-state index is 13.1. The van der Waals surface area contributed by atoms with Gasteiger partial charge in [0.25, 0.3) is 5.91 Å². The number of piperidine rings is 2. The number of carbonyl (C=O) groups is 4. The van der Waals surface area contributed by atoms with Crippen molar-refractivity contribution >= 4 is 29.4 Å². The molecule has 8 heteroatoms. The summed E-state index contributed by atoms with van der Waals surface area (Å²) in [6, 6.07) is 6.63. The van der Waals surface area contributed by atoms with E-state index in [1.165, 1.54) is 4.90 Å². The molecule has 172 valence electrons. The number of rotatable bonds is 4. The summed E-state index contributed by atoms with van der Waals surface area (Å²) >= 11 is 0. The Morgan fingerprint density at radius 2 is 1.66 bits per heavy atom. The van der Waals surface area contributed by atoms with Crippen LogP contribution in [0.5, 0.6) is 0 Å². The van der Waals surface area contributed by atoms with Crippen LogP contribution >= 0.6 is 0 Å². The second-order valence-electron chi connectivity index (χ2n) is 9.42. The number of amides is 5. The number of fused-ring (bicyclic) bond motifs is 1. The van der Waals surface area contributed by atoms with Crippen molar-refractivity contribution in [1.29, 1.82) is 0 Å². The van der Waals surface area contributed by atoms with E-state index in [0.29, 0.717) is 56.9 Å². The molecule has 32 heavy (non-hydrogen) atoms. The van der Waals surface area contributed by atoms with Crippen molar-refractivity contribution in [1.82, 2.24) is 15.1 Å². The maximum Gasteiger partial charge on any atom is 0.332 e. The molecule has 5 amide bonds. The van der Waals surface area contributed by atoms with E-state index in [4.69, 9.17) is 0 Å². The lowest BCUT2D eigenvalue weighted by atomic mass is 9.93. The van der Waals surface area contributed by atoms with Crippen LogP contribution in [0.3, 0.4) is 0 Å². The van der Waals surface area contributed by atoms with Crippen molar-refractivity contribution in [2.75, 3.05) is 24.5 Å². The van der Waals surface area contributed by atoms with Gasteiger partial charge >= 0.3 is 6.03 Å². The summed E-state index contributed by atoms with van der Waals surface area (Å²) in [5, 5.41) is 3.10. The largest absolute Gasteiger partial charge is 0.353 e. The van der Waals surface area contributed by atoms with E-state index in [9.17, 15) is 19.2 Å². The standard InChI is InChI=1S/C24H32N4O4/c1-15(2)17-4-6-20(7-5-17)28-23(31)21-14-19(10-13-27(21)24(28)32)25-22(30)18-8-11-26(12-9-18)16(3)29/h4-7,15,18-19,21H,8-14H2,1-3H3,(H,25,30). The van der Waals surface area contributed by atoms with Crippen LogP contribution in [-0.4, -0.2) is 65.3 Å². The number of nitrogens with one attached hydrogen (secondary N) is 1. The van der Waals surface area contributed by atoms with Crippen LogP contribution < -0.4 is 10.2 Å². The Kier molecular flexibility index (Phi) is 6.22. The minimum atomic E-state index is -0.536. The third-order valence-corrected chi connectivity index (χ3v) is 7.02. The Balaban J connectivity index is 1.37. The molecule has 0 saturated carbocycles. The van der Waals surface area contributed by atoms with E-state index in [2.05, 4.69) is 19.2 Å². The SMILES string of the molecule is CC(=O)N1CCC(C(=O)NC2CCN3C(=O)N(c4ccc(C(C)C)cc4)C(=O)C3C2)CC1. The zero-order chi connectivity index (χ0) is 23.0. The van der Waals surface area contributed by atoms with E-state index in [1.807, 2.05) is 24.3 Å². The second-order valence-corrected chi connectivity index (χ2v) is 9.42. The van der Waals surface area contributed by atoms with E-state index < -0.39 is 6.04 Å². The molecule has 0 aliphatic carbocycles. The van der Waals surface area contributed by atoms with Crippen molar-refractivity contribution < 1.29 is 19.2 Å². The summed E-state index contributed by atoms with van der Waals surface area (Å²) in [5.41, 5.74) is 1.75. The topological polar surface area (TPSA) is 90.0 Å². The molecule has 8 nitrogen and oxygen atoms in total. The molecule has 0 spiro atoms. The van der Waals surface area contributed by atoms with Gasteiger partial charge in [-0.3, -0.25) is 14.4 Å². The molecule has 3 saturated heterocycles. The fraction of sp³-hybridized carbons (Fsp3) is 0.583. The number of benzene rings is 1. The molecule has 3 heterocycles. The number of anilines is 1. The van der Waals surface area contributed by atoms with E-state index in [0.717, 1.165) is 5.56 Å². The van der Waals surface area contributed by atoms with Gasteiger partial charge in [-0.05, 0) is 49.3 Å². The highest BCUT2D eigenvalue weighted by molar-refractivity contribution is 6.21. The number of carbonyl (C=O) groups excluding carboxylic acids is 4. The summed E-state index contributed by atoms with van der Waals surface area (Å²) in [6.07, 6.45) is 2.38. The monoisotopic (exact) mass is 440 g/mol. The van der Waals surface area contributed by atoms with Gasteiger partial charge in [-0.25, -0.2) is 9.69 Å². The molecule has 3 aliphatic rings. The van der Waals surface area contributed by atoms with Gasteiger partial charge in [-0.2, -0.15) is 0 Å². The Morgan fingerprint density at radius 1 is 1.00 bits per heavy atom. The normalized spacial score (nSPS) is 24.2. The molecule has 3 aliphatic heterocycles. The van der Waals surface area contributed by atoms with Crippen LogP contribution in [0.15, 0.2) is 24.3 Å². The lowest BCUT2D eigenvalue weighted by Crippen LogP contribution is -2.51. The average molecular weight is 441 g/mol. The molecule has 4 rings (SSSR count). The average Bonchev–Trinajstić information content (AvgIpc) is 3.03. The second kappa shape index (κ2) is 8.92. The zero-order valence-corrected chi connectivity index (χ0v) is 19.0. The highest BCUT2D eigenvalue weighted by Gasteiger charge is 2.49. The molecular formula is C24H32N4O4. The van der Waals surface area contributed by atoms with Gasteiger partial charge in [0.15, 0.2) is 0 Å². The number of urea groups is 1. The number of hydrogen-bond donors (Lipinski definition) is 1. The smallest absolute Gasteiger partial charge is 0.332 e. The van der Waals surface area contributed by atoms with Gasteiger partial charge in [0, 0.05) is 38.5 Å². The van der Waals surface area contributed by atoms with E-state index in [-0.39, 0.29) is 35.7 Å². The number of likely N-dealkylation sites (tertiary alicyclic amines) is 1. The Bertz CT molecular complexity index is 905. The molecule has 2 unspecified atom stereocenters. The first-order chi connectivity index (χ1) is 15.3.